The van der Waals surface area contributed by atoms with E-state index in [1.165, 1.54) is 6.42 Å². The summed E-state index contributed by atoms with van der Waals surface area (Å²) in [7, 11) is 0. The maximum Gasteiger partial charge on any atom is 0.109 e. The van der Waals surface area contributed by atoms with Crippen molar-refractivity contribution in [2.24, 2.45) is 0 Å². The van der Waals surface area contributed by atoms with Crippen LogP contribution in [-0.4, -0.2) is 6.26 Å². The lowest BCUT2D eigenvalue weighted by Crippen LogP contribution is -1.91. The standard InChI is InChI=1S/C7H11FS/c1-9-7-5-3-2-4-6(7)8/h2-5H2,1H3. The highest BCUT2D eigenvalue weighted by Gasteiger charge is 2.10. The summed E-state index contributed by atoms with van der Waals surface area (Å²) in [6.45, 7) is 0. The third-order valence-corrected chi connectivity index (χ3v) is 2.52. The van der Waals surface area contributed by atoms with Gasteiger partial charge in [0.2, 0.25) is 0 Å². The third-order valence-electron chi connectivity index (χ3n) is 1.60. The van der Waals surface area contributed by atoms with Crippen LogP contribution in [-0.2, 0) is 0 Å². The Morgan fingerprint density at radius 2 is 2.00 bits per heavy atom. The van der Waals surface area contributed by atoms with Crippen molar-refractivity contribution >= 4 is 11.8 Å². The molecule has 0 radical (unpaired) electrons. The number of hydrogen-bond donors (Lipinski definition) is 0. The van der Waals surface area contributed by atoms with Gasteiger partial charge < -0.3 is 0 Å². The predicted octanol–water partition coefficient (Wildman–Crippen LogP) is 3.10. The number of hydrogen-bond acceptors (Lipinski definition) is 1. The quantitative estimate of drug-likeness (QED) is 0.547. The third kappa shape index (κ3) is 1.71. The molecule has 52 valence electrons. The molecule has 0 aromatic heterocycles. The van der Waals surface area contributed by atoms with E-state index < -0.39 is 0 Å². The minimum Gasteiger partial charge on any atom is -0.211 e. The van der Waals surface area contributed by atoms with Crippen LogP contribution in [0.5, 0.6) is 0 Å². The molecule has 0 heterocycles. The molecule has 0 spiro atoms. The van der Waals surface area contributed by atoms with Gasteiger partial charge in [-0.05, 0) is 25.5 Å². The molecular formula is C7H11FS. The van der Waals surface area contributed by atoms with E-state index >= 15 is 0 Å². The zero-order valence-electron chi connectivity index (χ0n) is 5.61. The summed E-state index contributed by atoms with van der Waals surface area (Å²) in [5.74, 6) is 0.133. The summed E-state index contributed by atoms with van der Waals surface area (Å²) in [6.07, 6.45) is 5.79. The molecule has 1 aliphatic carbocycles. The SMILES string of the molecule is CSC1=C(F)CCCC1. The Morgan fingerprint density at radius 3 is 2.44 bits per heavy atom. The van der Waals surface area contributed by atoms with Crippen molar-refractivity contribution in [1.82, 2.24) is 0 Å². The Balaban J connectivity index is 2.59. The molecule has 0 saturated heterocycles. The number of rotatable bonds is 1. The summed E-state index contributed by atoms with van der Waals surface area (Å²) < 4.78 is 12.7. The van der Waals surface area contributed by atoms with Crippen LogP contribution in [0.25, 0.3) is 0 Å². The van der Waals surface area contributed by atoms with Gasteiger partial charge in [0.1, 0.15) is 5.83 Å². The maximum atomic E-state index is 12.7. The van der Waals surface area contributed by atoms with Gasteiger partial charge in [-0.2, -0.15) is 0 Å². The highest BCUT2D eigenvalue weighted by Crippen LogP contribution is 2.31. The molecular weight excluding hydrogens is 135 g/mol. The fourth-order valence-electron chi connectivity index (χ4n) is 1.05. The first-order valence-corrected chi connectivity index (χ1v) is 4.48. The van der Waals surface area contributed by atoms with Gasteiger partial charge in [0, 0.05) is 11.3 Å². The lowest BCUT2D eigenvalue weighted by molar-refractivity contribution is 0.529. The van der Waals surface area contributed by atoms with Gasteiger partial charge in [-0.1, -0.05) is 0 Å². The molecule has 0 aliphatic heterocycles. The van der Waals surface area contributed by atoms with E-state index in [9.17, 15) is 4.39 Å². The summed E-state index contributed by atoms with van der Waals surface area (Å²) in [5.41, 5.74) is 0. The molecule has 0 aromatic rings. The fraction of sp³-hybridized carbons (Fsp3) is 0.714. The van der Waals surface area contributed by atoms with Gasteiger partial charge in [-0.25, -0.2) is 4.39 Å². The minimum atomic E-state index is 0.133. The summed E-state index contributed by atoms with van der Waals surface area (Å²) in [6, 6.07) is 0. The van der Waals surface area contributed by atoms with E-state index in [1.807, 2.05) is 6.26 Å². The Bertz CT molecular complexity index is 129. The summed E-state index contributed by atoms with van der Waals surface area (Å²) in [4.78, 5) is 0.973. The molecule has 1 rings (SSSR count). The molecule has 0 unspecified atom stereocenters. The molecule has 0 bridgehead atoms. The van der Waals surface area contributed by atoms with Crippen LogP contribution in [0.15, 0.2) is 10.7 Å². The van der Waals surface area contributed by atoms with Crippen molar-refractivity contribution in [3.63, 3.8) is 0 Å². The first-order chi connectivity index (χ1) is 4.34. The van der Waals surface area contributed by atoms with Crippen LogP contribution in [0.2, 0.25) is 0 Å². The zero-order chi connectivity index (χ0) is 6.69. The molecule has 0 aromatic carbocycles. The second-order valence-electron chi connectivity index (χ2n) is 2.24. The second kappa shape index (κ2) is 3.25. The Hall–Kier alpha value is 0.0200. The van der Waals surface area contributed by atoms with Crippen molar-refractivity contribution in [3.8, 4) is 0 Å². The van der Waals surface area contributed by atoms with Crippen LogP contribution in [0.3, 0.4) is 0 Å². The van der Waals surface area contributed by atoms with E-state index in [4.69, 9.17) is 0 Å². The predicted molar refractivity (Wildman–Crippen MR) is 40.1 cm³/mol. The molecule has 0 amide bonds. The van der Waals surface area contributed by atoms with Crippen LogP contribution >= 0.6 is 11.8 Å². The van der Waals surface area contributed by atoms with E-state index in [-0.39, 0.29) is 5.83 Å². The number of halogens is 1. The highest BCUT2D eigenvalue weighted by atomic mass is 32.2. The lowest BCUT2D eigenvalue weighted by atomic mass is 10.1. The van der Waals surface area contributed by atoms with Crippen molar-refractivity contribution in [3.05, 3.63) is 10.7 Å². The molecule has 2 heteroatoms. The lowest BCUT2D eigenvalue weighted by Gasteiger charge is -2.11. The van der Waals surface area contributed by atoms with E-state index in [1.54, 1.807) is 11.8 Å². The first-order valence-electron chi connectivity index (χ1n) is 3.26. The van der Waals surface area contributed by atoms with Gasteiger partial charge >= 0.3 is 0 Å². The van der Waals surface area contributed by atoms with Crippen LogP contribution in [0.4, 0.5) is 4.39 Å². The molecule has 0 N–H and O–H groups in total. The largest absolute Gasteiger partial charge is 0.211 e. The summed E-state index contributed by atoms with van der Waals surface area (Å²) in [5, 5.41) is 0. The zero-order valence-corrected chi connectivity index (χ0v) is 6.43. The Kier molecular flexibility index (Phi) is 2.58. The van der Waals surface area contributed by atoms with Crippen molar-refractivity contribution in [1.29, 1.82) is 0 Å². The van der Waals surface area contributed by atoms with E-state index in [0.29, 0.717) is 6.42 Å². The fourth-order valence-corrected chi connectivity index (χ4v) is 1.73. The van der Waals surface area contributed by atoms with Gasteiger partial charge in [-0.3, -0.25) is 0 Å². The monoisotopic (exact) mass is 146 g/mol. The summed E-state index contributed by atoms with van der Waals surface area (Å²) >= 11 is 1.56. The van der Waals surface area contributed by atoms with Gasteiger partial charge in [0.25, 0.3) is 0 Å². The van der Waals surface area contributed by atoms with Crippen molar-refractivity contribution < 1.29 is 4.39 Å². The van der Waals surface area contributed by atoms with Crippen molar-refractivity contribution in [2.75, 3.05) is 6.26 Å². The van der Waals surface area contributed by atoms with Crippen LogP contribution in [0.1, 0.15) is 25.7 Å². The molecule has 0 saturated carbocycles. The number of allylic oxidation sites excluding steroid dienone is 2. The van der Waals surface area contributed by atoms with E-state index in [2.05, 4.69) is 0 Å². The topological polar surface area (TPSA) is 0 Å². The van der Waals surface area contributed by atoms with Gasteiger partial charge in [0.05, 0.1) is 0 Å². The van der Waals surface area contributed by atoms with E-state index in [0.717, 1.165) is 17.7 Å². The van der Waals surface area contributed by atoms with Crippen LogP contribution in [0, 0.1) is 0 Å². The average Bonchev–Trinajstić information content (AvgIpc) is 1.89. The average molecular weight is 146 g/mol. The molecule has 1 aliphatic rings. The highest BCUT2D eigenvalue weighted by molar-refractivity contribution is 8.02. The minimum absolute atomic E-state index is 0.133. The second-order valence-corrected chi connectivity index (χ2v) is 3.14. The Morgan fingerprint density at radius 1 is 1.33 bits per heavy atom. The van der Waals surface area contributed by atoms with Gasteiger partial charge in [0.15, 0.2) is 0 Å². The molecule has 0 atom stereocenters. The normalized spacial score (nSPS) is 20.7. The molecule has 9 heavy (non-hydrogen) atoms. The van der Waals surface area contributed by atoms with Crippen molar-refractivity contribution in [2.45, 2.75) is 25.7 Å². The Labute approximate surface area is 59.5 Å². The smallest absolute Gasteiger partial charge is 0.109 e. The van der Waals surface area contributed by atoms with Crippen LogP contribution < -0.4 is 0 Å². The first kappa shape index (κ1) is 7.13. The van der Waals surface area contributed by atoms with Gasteiger partial charge in [-0.15, -0.1) is 11.8 Å². The maximum absolute atomic E-state index is 12.7. The molecule has 0 fully saturated rings. The molecule has 0 nitrogen and oxygen atoms in total. The number of thioether (sulfide) groups is 1.